The van der Waals surface area contributed by atoms with Crippen LogP contribution in [0.25, 0.3) is 0 Å². The summed E-state index contributed by atoms with van der Waals surface area (Å²) in [5.41, 5.74) is 4.67. The number of hydrogen-bond acceptors (Lipinski definition) is 3. The molecule has 1 aromatic heterocycles. The number of aromatic nitrogens is 2. The van der Waals surface area contributed by atoms with Gasteiger partial charge in [-0.2, -0.15) is 0 Å². The number of carbonyl (C=O) groups is 1. The maximum Gasteiger partial charge on any atom is 0.246 e. The van der Waals surface area contributed by atoms with E-state index in [1.807, 2.05) is 11.9 Å². The number of rotatable bonds is 2. The summed E-state index contributed by atoms with van der Waals surface area (Å²) in [6.07, 6.45) is 4.47. The van der Waals surface area contributed by atoms with Crippen LogP contribution in [0.4, 0.5) is 0 Å². The summed E-state index contributed by atoms with van der Waals surface area (Å²) in [5, 5.41) is 3.31. The van der Waals surface area contributed by atoms with E-state index in [1.54, 1.807) is 6.33 Å². The fourth-order valence-corrected chi connectivity index (χ4v) is 3.62. The van der Waals surface area contributed by atoms with Gasteiger partial charge in [-0.25, -0.2) is 4.98 Å². The van der Waals surface area contributed by atoms with Gasteiger partial charge in [0.05, 0.1) is 12.0 Å². The molecule has 0 bridgehead atoms. The zero-order valence-electron chi connectivity index (χ0n) is 12.7. The molecular formula is C17H20N4O. The summed E-state index contributed by atoms with van der Waals surface area (Å²) in [6, 6.07) is 8.40. The first-order chi connectivity index (χ1) is 10.7. The Morgan fingerprint density at radius 2 is 2.00 bits per heavy atom. The highest BCUT2D eigenvalue weighted by Gasteiger charge is 2.34. The largest absolute Gasteiger partial charge is 0.348 e. The maximum absolute atomic E-state index is 12.9. The average molecular weight is 296 g/mol. The van der Waals surface area contributed by atoms with Crippen LogP contribution in [0.3, 0.4) is 0 Å². The van der Waals surface area contributed by atoms with Crippen LogP contribution >= 0.6 is 0 Å². The third-order valence-corrected chi connectivity index (χ3v) is 4.92. The molecule has 2 aromatic rings. The predicted molar refractivity (Wildman–Crippen MR) is 83.4 cm³/mol. The van der Waals surface area contributed by atoms with Gasteiger partial charge in [0.2, 0.25) is 5.91 Å². The van der Waals surface area contributed by atoms with Crippen LogP contribution in [0.5, 0.6) is 0 Å². The maximum atomic E-state index is 12.9. The first-order valence-corrected chi connectivity index (χ1v) is 7.83. The lowest BCUT2D eigenvalue weighted by Gasteiger charge is -2.30. The van der Waals surface area contributed by atoms with Crippen LogP contribution < -0.4 is 5.32 Å². The van der Waals surface area contributed by atoms with Crippen molar-refractivity contribution in [3.05, 3.63) is 53.1 Å². The van der Waals surface area contributed by atoms with Crippen LogP contribution in [-0.4, -0.2) is 40.4 Å². The Morgan fingerprint density at radius 1 is 1.27 bits per heavy atom. The molecule has 0 saturated heterocycles. The number of amides is 1. The molecule has 1 unspecified atom stereocenters. The van der Waals surface area contributed by atoms with Crippen LogP contribution in [0.1, 0.15) is 28.6 Å². The molecule has 0 spiro atoms. The van der Waals surface area contributed by atoms with E-state index in [4.69, 9.17) is 0 Å². The monoisotopic (exact) mass is 296 g/mol. The second-order valence-corrected chi connectivity index (χ2v) is 6.18. The van der Waals surface area contributed by atoms with E-state index in [1.165, 1.54) is 11.1 Å². The third kappa shape index (κ3) is 2.13. The Labute approximate surface area is 129 Å². The smallest absolute Gasteiger partial charge is 0.246 e. The van der Waals surface area contributed by atoms with Crippen LogP contribution in [0.2, 0.25) is 0 Å². The fourth-order valence-electron chi connectivity index (χ4n) is 3.62. The number of likely N-dealkylation sites (N-methyl/N-ethyl adjacent to an activating group) is 1. The minimum atomic E-state index is -0.316. The predicted octanol–water partition coefficient (Wildman–Crippen LogP) is 1.22. The first-order valence-electron chi connectivity index (χ1n) is 7.83. The molecule has 5 heteroatoms. The van der Waals surface area contributed by atoms with E-state index in [0.717, 1.165) is 37.2 Å². The number of benzene rings is 1. The Kier molecular flexibility index (Phi) is 3.22. The van der Waals surface area contributed by atoms with Crippen molar-refractivity contribution in [1.82, 2.24) is 20.2 Å². The lowest BCUT2D eigenvalue weighted by atomic mass is 10.0. The lowest BCUT2D eigenvalue weighted by Crippen LogP contribution is -2.46. The Balaban J connectivity index is 1.53. The molecule has 2 N–H and O–H groups in total. The molecule has 114 valence electrons. The van der Waals surface area contributed by atoms with Gasteiger partial charge in [0.15, 0.2) is 0 Å². The topological polar surface area (TPSA) is 61.0 Å². The molecule has 0 saturated carbocycles. The molecular weight excluding hydrogens is 276 g/mol. The molecule has 1 aliphatic heterocycles. The molecule has 1 aliphatic carbocycles. The number of fused-ring (bicyclic) bond motifs is 2. The molecule has 1 atom stereocenters. The third-order valence-electron chi connectivity index (χ3n) is 4.92. The minimum absolute atomic E-state index is 0.117. The second-order valence-electron chi connectivity index (χ2n) is 6.18. The summed E-state index contributed by atoms with van der Waals surface area (Å²) < 4.78 is 0. The van der Waals surface area contributed by atoms with E-state index in [0.29, 0.717) is 0 Å². The van der Waals surface area contributed by atoms with Gasteiger partial charge in [-0.15, -0.1) is 0 Å². The molecule has 2 aliphatic rings. The highest BCUT2D eigenvalue weighted by Crippen LogP contribution is 2.27. The number of imidazole rings is 1. The van der Waals surface area contributed by atoms with Crippen molar-refractivity contribution in [2.24, 2.45) is 0 Å². The van der Waals surface area contributed by atoms with Crippen molar-refractivity contribution < 1.29 is 4.79 Å². The van der Waals surface area contributed by atoms with E-state index in [2.05, 4.69) is 39.6 Å². The SMILES string of the molecule is CN(C(=O)C1NCCc2[nH]cnc21)C1Cc2ccccc2C1. The van der Waals surface area contributed by atoms with Crippen molar-refractivity contribution in [2.75, 3.05) is 13.6 Å². The molecule has 0 fully saturated rings. The van der Waals surface area contributed by atoms with Crippen molar-refractivity contribution >= 4 is 5.91 Å². The standard InChI is InChI=1S/C17H20N4O/c1-21(13-8-11-4-2-3-5-12(11)9-13)17(22)16-15-14(6-7-18-16)19-10-20-15/h2-5,10,13,16,18H,6-9H2,1H3,(H,19,20). The van der Waals surface area contributed by atoms with Crippen LogP contribution in [0, 0.1) is 0 Å². The van der Waals surface area contributed by atoms with Gasteiger partial charge in [-0.05, 0) is 24.0 Å². The molecule has 22 heavy (non-hydrogen) atoms. The summed E-state index contributed by atoms with van der Waals surface area (Å²) in [6.45, 7) is 0.810. The van der Waals surface area contributed by atoms with Crippen molar-refractivity contribution in [3.8, 4) is 0 Å². The van der Waals surface area contributed by atoms with Crippen molar-refractivity contribution in [3.63, 3.8) is 0 Å². The number of nitrogens with zero attached hydrogens (tertiary/aromatic N) is 2. The zero-order valence-corrected chi connectivity index (χ0v) is 12.7. The van der Waals surface area contributed by atoms with Gasteiger partial charge in [0.25, 0.3) is 0 Å². The summed E-state index contributed by atoms with van der Waals surface area (Å²) in [4.78, 5) is 22.3. The van der Waals surface area contributed by atoms with E-state index in [9.17, 15) is 4.79 Å². The van der Waals surface area contributed by atoms with Crippen LogP contribution in [0.15, 0.2) is 30.6 Å². The molecule has 1 amide bonds. The number of nitrogens with one attached hydrogen (secondary N) is 2. The van der Waals surface area contributed by atoms with Gasteiger partial charge < -0.3 is 15.2 Å². The number of carbonyl (C=O) groups excluding carboxylic acids is 1. The average Bonchev–Trinajstić information content (AvgIpc) is 3.19. The molecule has 4 rings (SSSR count). The Bertz CT molecular complexity index is 683. The van der Waals surface area contributed by atoms with Gasteiger partial charge >= 0.3 is 0 Å². The first kappa shape index (κ1) is 13.5. The number of aromatic amines is 1. The molecule has 2 heterocycles. The fraction of sp³-hybridized carbons (Fsp3) is 0.412. The van der Waals surface area contributed by atoms with Gasteiger partial charge in [-0.1, -0.05) is 24.3 Å². The Morgan fingerprint density at radius 3 is 2.73 bits per heavy atom. The molecule has 1 aromatic carbocycles. The van der Waals surface area contributed by atoms with Crippen molar-refractivity contribution in [1.29, 1.82) is 0 Å². The van der Waals surface area contributed by atoms with Gasteiger partial charge in [0, 0.05) is 31.7 Å². The molecule has 5 nitrogen and oxygen atoms in total. The quantitative estimate of drug-likeness (QED) is 0.876. The van der Waals surface area contributed by atoms with Gasteiger partial charge in [-0.3, -0.25) is 4.79 Å². The van der Waals surface area contributed by atoms with Gasteiger partial charge in [0.1, 0.15) is 6.04 Å². The molecule has 0 radical (unpaired) electrons. The number of hydrogen-bond donors (Lipinski definition) is 2. The summed E-state index contributed by atoms with van der Waals surface area (Å²) in [7, 11) is 1.92. The number of H-pyrrole nitrogens is 1. The van der Waals surface area contributed by atoms with Crippen LogP contribution in [-0.2, 0) is 24.1 Å². The van der Waals surface area contributed by atoms with Crippen molar-refractivity contribution in [2.45, 2.75) is 31.3 Å². The highest BCUT2D eigenvalue weighted by molar-refractivity contribution is 5.83. The minimum Gasteiger partial charge on any atom is -0.348 e. The lowest BCUT2D eigenvalue weighted by molar-refractivity contribution is -0.134. The highest BCUT2D eigenvalue weighted by atomic mass is 16.2. The Hall–Kier alpha value is -2.14. The normalized spacial score (nSPS) is 20.5. The summed E-state index contributed by atoms with van der Waals surface area (Å²) >= 11 is 0. The zero-order chi connectivity index (χ0) is 15.1. The summed E-state index contributed by atoms with van der Waals surface area (Å²) in [5.74, 6) is 0.117. The van der Waals surface area contributed by atoms with E-state index in [-0.39, 0.29) is 18.0 Å². The van der Waals surface area contributed by atoms with E-state index < -0.39 is 0 Å². The second kappa shape index (κ2) is 5.25. The van der Waals surface area contributed by atoms with E-state index >= 15 is 0 Å².